The van der Waals surface area contributed by atoms with Crippen molar-refractivity contribution in [2.24, 2.45) is 5.41 Å². The van der Waals surface area contributed by atoms with Gasteiger partial charge in [0.1, 0.15) is 12.1 Å². The zero-order valence-electron chi connectivity index (χ0n) is 18.0. The molecule has 1 fully saturated rings. The van der Waals surface area contributed by atoms with E-state index in [0.717, 1.165) is 5.56 Å². The van der Waals surface area contributed by atoms with Gasteiger partial charge in [0.25, 0.3) is 11.8 Å². The molecule has 10 nitrogen and oxygen atoms in total. The molecule has 0 radical (unpaired) electrons. The number of carbonyl (C=O) groups is 5. The Labute approximate surface area is 180 Å². The lowest BCUT2D eigenvalue weighted by molar-refractivity contribution is -0.199. The number of rotatable bonds is 7. The highest BCUT2D eigenvalue weighted by molar-refractivity contribution is 6.02. The first-order chi connectivity index (χ1) is 14.5. The molecule has 0 aliphatic carbocycles. The highest BCUT2D eigenvalue weighted by Gasteiger charge is 2.38. The van der Waals surface area contributed by atoms with Gasteiger partial charge in [-0.3, -0.25) is 14.4 Å². The fourth-order valence-corrected chi connectivity index (χ4v) is 2.96. The molecule has 2 atom stereocenters. The maximum absolute atomic E-state index is 13.0. The van der Waals surface area contributed by atoms with Crippen molar-refractivity contribution >= 4 is 29.8 Å². The van der Waals surface area contributed by atoms with Crippen molar-refractivity contribution in [1.82, 2.24) is 15.7 Å². The number of hydrogen-bond acceptors (Lipinski definition) is 7. The van der Waals surface area contributed by atoms with Crippen molar-refractivity contribution in [2.45, 2.75) is 52.1 Å². The average molecular weight is 433 g/mol. The zero-order chi connectivity index (χ0) is 23.2. The van der Waals surface area contributed by atoms with Crippen molar-refractivity contribution in [3.05, 3.63) is 35.9 Å². The molecule has 1 saturated heterocycles. The number of hydrogen-bond donors (Lipinski definition) is 2. The van der Waals surface area contributed by atoms with Gasteiger partial charge in [0.05, 0.1) is 7.11 Å². The summed E-state index contributed by atoms with van der Waals surface area (Å²) in [4.78, 5) is 66.1. The monoisotopic (exact) mass is 433 g/mol. The molecule has 0 unspecified atom stereocenters. The van der Waals surface area contributed by atoms with E-state index in [1.807, 2.05) is 0 Å². The Hall–Kier alpha value is -3.43. The number of nitrogens with zero attached hydrogens (tertiary/aromatic N) is 1. The van der Waals surface area contributed by atoms with E-state index in [2.05, 4.69) is 15.4 Å². The zero-order valence-corrected chi connectivity index (χ0v) is 18.0. The predicted octanol–water partition coefficient (Wildman–Crippen LogP) is 1.09. The van der Waals surface area contributed by atoms with Gasteiger partial charge >= 0.3 is 12.1 Å². The number of imide groups is 1. The molecule has 2 rings (SSSR count). The summed E-state index contributed by atoms with van der Waals surface area (Å²) in [5, 5.41) is 5.46. The minimum Gasteiger partial charge on any atom is -0.453 e. The summed E-state index contributed by atoms with van der Waals surface area (Å²) in [6.07, 6.45) is -0.837. The summed E-state index contributed by atoms with van der Waals surface area (Å²) >= 11 is 0. The Kier molecular flexibility index (Phi) is 7.73. The molecule has 0 spiro atoms. The maximum atomic E-state index is 13.0. The summed E-state index contributed by atoms with van der Waals surface area (Å²) in [7, 11) is 1.17. The summed E-state index contributed by atoms with van der Waals surface area (Å²) in [5.74, 6) is -2.85. The van der Waals surface area contributed by atoms with Crippen molar-refractivity contribution < 1.29 is 33.5 Å². The molecule has 0 saturated carbocycles. The van der Waals surface area contributed by atoms with Crippen LogP contribution in [0.4, 0.5) is 4.79 Å². The van der Waals surface area contributed by atoms with Crippen LogP contribution < -0.4 is 10.6 Å². The SMILES string of the molecule is COC(=O)N[C@H](C(=O)N[C@@H](Cc1ccccc1)C(=O)ON1C(=O)CCC1=O)C(C)(C)C. The lowest BCUT2D eigenvalue weighted by Gasteiger charge is -2.31. The van der Waals surface area contributed by atoms with E-state index in [1.165, 1.54) is 7.11 Å². The first-order valence-electron chi connectivity index (χ1n) is 9.79. The second-order valence-electron chi connectivity index (χ2n) is 8.18. The molecular weight excluding hydrogens is 406 g/mol. The first kappa shape index (κ1) is 23.8. The molecule has 4 amide bonds. The summed E-state index contributed by atoms with van der Waals surface area (Å²) in [6, 6.07) is 6.61. The fraction of sp³-hybridized carbons (Fsp3) is 0.476. The molecule has 1 aromatic carbocycles. The van der Waals surface area contributed by atoms with Crippen LogP contribution in [0.15, 0.2) is 30.3 Å². The van der Waals surface area contributed by atoms with Crippen LogP contribution in [-0.4, -0.2) is 54.0 Å². The molecule has 1 heterocycles. The van der Waals surface area contributed by atoms with Crippen molar-refractivity contribution in [1.29, 1.82) is 0 Å². The Morgan fingerprint density at radius 3 is 2.13 bits per heavy atom. The number of nitrogens with one attached hydrogen (secondary N) is 2. The second-order valence-corrected chi connectivity index (χ2v) is 8.18. The molecule has 0 aromatic heterocycles. The van der Waals surface area contributed by atoms with Gasteiger partial charge in [-0.15, -0.1) is 5.06 Å². The summed E-state index contributed by atoms with van der Waals surface area (Å²) < 4.78 is 4.58. The topological polar surface area (TPSA) is 131 Å². The third kappa shape index (κ3) is 6.53. The number of methoxy groups -OCH3 is 1. The van der Waals surface area contributed by atoms with E-state index in [0.29, 0.717) is 5.06 Å². The van der Waals surface area contributed by atoms with Gasteiger partial charge in [0, 0.05) is 19.3 Å². The highest BCUT2D eigenvalue weighted by atomic mass is 16.7. The van der Waals surface area contributed by atoms with E-state index in [1.54, 1.807) is 51.1 Å². The predicted molar refractivity (Wildman–Crippen MR) is 108 cm³/mol. The quantitative estimate of drug-likeness (QED) is 0.616. The molecule has 31 heavy (non-hydrogen) atoms. The molecule has 1 aromatic rings. The molecule has 2 N–H and O–H groups in total. The number of carbonyl (C=O) groups excluding carboxylic acids is 5. The molecule has 0 bridgehead atoms. The van der Waals surface area contributed by atoms with Crippen LogP contribution in [0.3, 0.4) is 0 Å². The minimum absolute atomic E-state index is 0.0447. The van der Waals surface area contributed by atoms with Gasteiger partial charge < -0.3 is 20.2 Å². The van der Waals surface area contributed by atoms with E-state index < -0.39 is 47.3 Å². The largest absolute Gasteiger partial charge is 0.453 e. The maximum Gasteiger partial charge on any atom is 0.407 e. The normalized spacial score (nSPS) is 15.8. The van der Waals surface area contributed by atoms with Gasteiger partial charge in [-0.2, -0.15) is 0 Å². The van der Waals surface area contributed by atoms with E-state index in [-0.39, 0.29) is 19.3 Å². The molecule has 1 aliphatic rings. The third-order valence-corrected chi connectivity index (χ3v) is 4.65. The van der Waals surface area contributed by atoms with E-state index >= 15 is 0 Å². The fourth-order valence-electron chi connectivity index (χ4n) is 2.96. The molecule has 168 valence electrons. The van der Waals surface area contributed by atoms with Crippen LogP contribution in [0, 0.1) is 5.41 Å². The number of ether oxygens (including phenoxy) is 1. The Morgan fingerprint density at radius 1 is 1.03 bits per heavy atom. The minimum atomic E-state index is -1.21. The Morgan fingerprint density at radius 2 is 1.61 bits per heavy atom. The number of hydroxylamine groups is 2. The Balaban J connectivity index is 2.23. The second kappa shape index (κ2) is 10.1. The lowest BCUT2D eigenvalue weighted by atomic mass is 9.86. The van der Waals surface area contributed by atoms with Crippen LogP contribution in [0.2, 0.25) is 0 Å². The molecule has 1 aliphatic heterocycles. The van der Waals surface area contributed by atoms with E-state index in [4.69, 9.17) is 4.84 Å². The van der Waals surface area contributed by atoms with Gasteiger partial charge in [0.2, 0.25) is 5.91 Å². The standard InChI is InChI=1S/C21H27N3O7/c1-21(2,3)17(23-20(29)30-4)18(27)22-14(12-13-8-6-5-7-9-13)19(28)31-24-15(25)10-11-16(24)26/h5-9,14,17H,10-12H2,1-4H3,(H,22,27)(H,23,29)/t14-,17+/m0/s1. The lowest BCUT2D eigenvalue weighted by Crippen LogP contribution is -2.57. The van der Waals surface area contributed by atoms with Crippen molar-refractivity contribution in [2.75, 3.05) is 7.11 Å². The van der Waals surface area contributed by atoms with Crippen LogP contribution in [0.25, 0.3) is 0 Å². The van der Waals surface area contributed by atoms with Gasteiger partial charge in [-0.1, -0.05) is 51.1 Å². The number of alkyl carbamates (subject to hydrolysis) is 1. The van der Waals surface area contributed by atoms with Crippen molar-refractivity contribution in [3.63, 3.8) is 0 Å². The first-order valence-corrected chi connectivity index (χ1v) is 9.79. The van der Waals surface area contributed by atoms with Crippen LogP contribution in [0.5, 0.6) is 0 Å². The highest BCUT2D eigenvalue weighted by Crippen LogP contribution is 2.20. The van der Waals surface area contributed by atoms with E-state index in [9.17, 15) is 24.0 Å². The number of benzene rings is 1. The molecular formula is C21H27N3O7. The van der Waals surface area contributed by atoms with Gasteiger partial charge in [-0.05, 0) is 11.0 Å². The van der Waals surface area contributed by atoms with Gasteiger partial charge in [0.15, 0.2) is 0 Å². The smallest absolute Gasteiger partial charge is 0.407 e. The van der Waals surface area contributed by atoms with Crippen LogP contribution in [0.1, 0.15) is 39.2 Å². The van der Waals surface area contributed by atoms with Crippen LogP contribution in [-0.2, 0) is 35.2 Å². The Bertz CT molecular complexity index is 832. The molecule has 10 heteroatoms. The summed E-state index contributed by atoms with van der Waals surface area (Å²) in [5.41, 5.74) is 0.0115. The third-order valence-electron chi connectivity index (χ3n) is 4.65. The number of amides is 4. The van der Waals surface area contributed by atoms with Gasteiger partial charge in [-0.25, -0.2) is 9.59 Å². The van der Waals surface area contributed by atoms with Crippen LogP contribution >= 0.6 is 0 Å². The van der Waals surface area contributed by atoms with Crippen molar-refractivity contribution in [3.8, 4) is 0 Å². The summed E-state index contributed by atoms with van der Waals surface area (Å²) in [6.45, 7) is 5.21. The average Bonchev–Trinajstić information content (AvgIpc) is 3.03.